The quantitative estimate of drug-likeness (QED) is 0.841. The number of pyridine rings is 1. The summed E-state index contributed by atoms with van der Waals surface area (Å²) in [5.74, 6) is 1.52. The van der Waals surface area contributed by atoms with E-state index in [2.05, 4.69) is 15.1 Å². The molecule has 0 bridgehead atoms. The van der Waals surface area contributed by atoms with E-state index in [1.807, 2.05) is 24.6 Å². The van der Waals surface area contributed by atoms with E-state index in [-0.39, 0.29) is 11.9 Å². The van der Waals surface area contributed by atoms with Crippen molar-refractivity contribution in [2.75, 3.05) is 13.1 Å². The van der Waals surface area contributed by atoms with E-state index in [4.69, 9.17) is 5.26 Å². The zero-order valence-corrected chi connectivity index (χ0v) is 13.2. The summed E-state index contributed by atoms with van der Waals surface area (Å²) in [7, 11) is 0. The molecular formula is C16H18N6O. The number of aromatic nitrogens is 4. The molecule has 7 heteroatoms. The fourth-order valence-electron chi connectivity index (χ4n) is 2.97. The number of hydrogen-bond donors (Lipinski definition) is 0. The summed E-state index contributed by atoms with van der Waals surface area (Å²) >= 11 is 0. The molecule has 0 radical (unpaired) electrons. The van der Waals surface area contributed by atoms with E-state index in [1.165, 1.54) is 6.20 Å². The van der Waals surface area contributed by atoms with Crippen molar-refractivity contribution >= 4 is 5.91 Å². The Morgan fingerprint density at radius 1 is 1.39 bits per heavy atom. The molecule has 0 N–H and O–H groups in total. The molecule has 1 fully saturated rings. The molecule has 118 valence electrons. The largest absolute Gasteiger partial charge is 0.335 e. The monoisotopic (exact) mass is 310 g/mol. The Morgan fingerprint density at radius 3 is 2.83 bits per heavy atom. The maximum atomic E-state index is 12.6. The third-order valence-electron chi connectivity index (χ3n) is 4.05. The maximum absolute atomic E-state index is 12.6. The first kappa shape index (κ1) is 15.2. The van der Waals surface area contributed by atoms with Gasteiger partial charge in [0, 0.05) is 19.3 Å². The Hall–Kier alpha value is -2.75. The number of carbonyl (C=O) groups is 1. The minimum atomic E-state index is -0.103. The van der Waals surface area contributed by atoms with E-state index >= 15 is 0 Å². The van der Waals surface area contributed by atoms with Gasteiger partial charge in [-0.25, -0.2) is 14.6 Å². The number of likely N-dealkylation sites (tertiary alicyclic amines) is 1. The van der Waals surface area contributed by atoms with Gasteiger partial charge in [0.1, 0.15) is 23.4 Å². The van der Waals surface area contributed by atoms with Gasteiger partial charge in [-0.2, -0.15) is 10.4 Å². The van der Waals surface area contributed by atoms with Gasteiger partial charge in [-0.1, -0.05) is 0 Å². The van der Waals surface area contributed by atoms with Crippen LogP contribution in [0.4, 0.5) is 0 Å². The number of nitrogens with zero attached hydrogens (tertiary/aromatic N) is 6. The number of carbonyl (C=O) groups excluding carboxylic acids is 1. The minimum Gasteiger partial charge on any atom is -0.335 e. The molecule has 1 aliphatic heterocycles. The van der Waals surface area contributed by atoms with Crippen molar-refractivity contribution in [3.8, 4) is 6.07 Å². The second kappa shape index (κ2) is 6.16. The number of amides is 1. The predicted molar refractivity (Wildman–Crippen MR) is 82.6 cm³/mol. The number of aryl methyl sites for hydroxylation is 2. The molecule has 0 aliphatic carbocycles. The van der Waals surface area contributed by atoms with Crippen LogP contribution in [0.2, 0.25) is 0 Å². The van der Waals surface area contributed by atoms with Crippen LogP contribution in [0.25, 0.3) is 0 Å². The van der Waals surface area contributed by atoms with Crippen LogP contribution in [0.15, 0.2) is 18.3 Å². The third-order valence-corrected chi connectivity index (χ3v) is 4.05. The topological polar surface area (TPSA) is 87.7 Å². The minimum absolute atomic E-state index is 0.103. The van der Waals surface area contributed by atoms with Crippen LogP contribution in [0.5, 0.6) is 0 Å². The normalized spacial score (nSPS) is 17.8. The van der Waals surface area contributed by atoms with Crippen LogP contribution in [-0.2, 0) is 0 Å². The number of hydrogen-bond acceptors (Lipinski definition) is 5. The Labute approximate surface area is 134 Å². The fourth-order valence-corrected chi connectivity index (χ4v) is 2.97. The highest BCUT2D eigenvalue weighted by atomic mass is 16.2. The first-order chi connectivity index (χ1) is 11.1. The van der Waals surface area contributed by atoms with Crippen molar-refractivity contribution in [2.45, 2.75) is 32.7 Å². The van der Waals surface area contributed by atoms with Crippen LogP contribution in [-0.4, -0.2) is 43.6 Å². The zero-order chi connectivity index (χ0) is 16.4. The van der Waals surface area contributed by atoms with Crippen molar-refractivity contribution in [1.82, 2.24) is 24.6 Å². The first-order valence-electron chi connectivity index (χ1n) is 7.63. The average molecular weight is 310 g/mol. The summed E-state index contributed by atoms with van der Waals surface area (Å²) < 4.78 is 1.92. The lowest BCUT2D eigenvalue weighted by molar-refractivity contribution is 0.0665. The zero-order valence-electron chi connectivity index (χ0n) is 13.2. The predicted octanol–water partition coefficient (Wildman–Crippen LogP) is 1.64. The highest BCUT2D eigenvalue weighted by Crippen LogP contribution is 2.23. The van der Waals surface area contributed by atoms with Gasteiger partial charge in [0.05, 0.1) is 11.6 Å². The summed E-state index contributed by atoms with van der Waals surface area (Å²) in [5.41, 5.74) is 0.822. The van der Waals surface area contributed by atoms with Crippen molar-refractivity contribution in [3.05, 3.63) is 41.2 Å². The van der Waals surface area contributed by atoms with E-state index in [0.29, 0.717) is 24.3 Å². The van der Waals surface area contributed by atoms with E-state index in [0.717, 1.165) is 24.5 Å². The van der Waals surface area contributed by atoms with Crippen LogP contribution in [0.3, 0.4) is 0 Å². The molecule has 3 rings (SSSR count). The Balaban J connectivity index is 1.76. The average Bonchev–Trinajstić information content (AvgIpc) is 2.93. The van der Waals surface area contributed by atoms with E-state index in [9.17, 15) is 4.79 Å². The summed E-state index contributed by atoms with van der Waals surface area (Å²) in [5, 5.41) is 13.2. The number of piperidine rings is 1. The molecule has 7 nitrogen and oxygen atoms in total. The summed E-state index contributed by atoms with van der Waals surface area (Å²) in [6.07, 6.45) is 3.33. The molecule has 0 spiro atoms. The summed E-state index contributed by atoms with van der Waals surface area (Å²) in [6.45, 7) is 5.12. The molecule has 1 atom stereocenters. The lowest BCUT2D eigenvalue weighted by Crippen LogP contribution is -2.41. The second-order valence-electron chi connectivity index (χ2n) is 5.74. The summed E-state index contributed by atoms with van der Waals surface area (Å²) in [4.78, 5) is 22.8. The van der Waals surface area contributed by atoms with Crippen LogP contribution in [0, 0.1) is 25.2 Å². The van der Waals surface area contributed by atoms with Gasteiger partial charge in [0.15, 0.2) is 0 Å². The standard InChI is InChI=1S/C16H18N6O/c1-11-19-12(2)22(20-11)14-4-3-7-21(10-14)16(23)15-6-5-13(8-17)9-18-15/h5-6,9,14H,3-4,7,10H2,1-2H3. The lowest BCUT2D eigenvalue weighted by Gasteiger charge is -2.32. The highest BCUT2D eigenvalue weighted by Gasteiger charge is 2.27. The molecule has 0 saturated carbocycles. The second-order valence-corrected chi connectivity index (χ2v) is 5.74. The van der Waals surface area contributed by atoms with Gasteiger partial charge < -0.3 is 4.90 Å². The van der Waals surface area contributed by atoms with Crippen molar-refractivity contribution in [1.29, 1.82) is 5.26 Å². The van der Waals surface area contributed by atoms with Gasteiger partial charge in [-0.15, -0.1) is 0 Å². The van der Waals surface area contributed by atoms with Crippen molar-refractivity contribution in [2.24, 2.45) is 0 Å². The Bertz CT molecular complexity index is 758. The fraction of sp³-hybridized carbons (Fsp3) is 0.438. The lowest BCUT2D eigenvalue weighted by atomic mass is 10.1. The van der Waals surface area contributed by atoms with Gasteiger partial charge in [-0.3, -0.25) is 4.79 Å². The van der Waals surface area contributed by atoms with Crippen molar-refractivity contribution < 1.29 is 4.79 Å². The molecule has 1 aliphatic rings. The Morgan fingerprint density at radius 2 is 2.22 bits per heavy atom. The molecule has 23 heavy (non-hydrogen) atoms. The first-order valence-corrected chi connectivity index (χ1v) is 7.63. The molecule has 1 unspecified atom stereocenters. The van der Waals surface area contributed by atoms with Crippen LogP contribution >= 0.6 is 0 Å². The SMILES string of the molecule is Cc1nc(C)n(C2CCCN(C(=O)c3ccc(C#N)cn3)C2)n1. The van der Waals surface area contributed by atoms with Gasteiger partial charge in [-0.05, 0) is 38.8 Å². The Kier molecular flexibility index (Phi) is 4.06. The van der Waals surface area contributed by atoms with Gasteiger partial charge in [0.25, 0.3) is 5.91 Å². The smallest absolute Gasteiger partial charge is 0.272 e. The van der Waals surface area contributed by atoms with Gasteiger partial charge >= 0.3 is 0 Å². The third kappa shape index (κ3) is 3.06. The molecule has 1 amide bonds. The molecule has 0 aromatic carbocycles. The molecule has 3 heterocycles. The number of rotatable bonds is 2. The van der Waals surface area contributed by atoms with Crippen LogP contribution in [0.1, 0.15) is 46.6 Å². The molecular weight excluding hydrogens is 292 g/mol. The van der Waals surface area contributed by atoms with Gasteiger partial charge in [0.2, 0.25) is 0 Å². The van der Waals surface area contributed by atoms with E-state index < -0.39 is 0 Å². The van der Waals surface area contributed by atoms with Crippen molar-refractivity contribution in [3.63, 3.8) is 0 Å². The van der Waals surface area contributed by atoms with E-state index in [1.54, 1.807) is 17.0 Å². The summed E-state index contributed by atoms with van der Waals surface area (Å²) in [6, 6.07) is 5.37. The highest BCUT2D eigenvalue weighted by molar-refractivity contribution is 5.92. The molecule has 2 aromatic rings. The molecule has 2 aromatic heterocycles. The maximum Gasteiger partial charge on any atom is 0.272 e. The van der Waals surface area contributed by atoms with Crippen LogP contribution < -0.4 is 0 Å². The molecule has 1 saturated heterocycles. The number of nitriles is 1.